The van der Waals surface area contributed by atoms with Crippen LogP contribution in [0.15, 0.2) is 35.5 Å². The summed E-state index contributed by atoms with van der Waals surface area (Å²) >= 11 is 0. The van der Waals surface area contributed by atoms with E-state index in [9.17, 15) is 34.8 Å². The van der Waals surface area contributed by atoms with Gasteiger partial charge in [0.1, 0.15) is 41.0 Å². The smallest absolute Gasteiger partial charge is 0.336 e. The zero-order valence-electron chi connectivity index (χ0n) is 22.7. The summed E-state index contributed by atoms with van der Waals surface area (Å²) in [6.45, 7) is 5.94. The van der Waals surface area contributed by atoms with Crippen LogP contribution in [0.5, 0.6) is 0 Å². The molecule has 0 aromatic carbocycles. The summed E-state index contributed by atoms with van der Waals surface area (Å²) in [5, 5.41) is 39.2. The number of ether oxygens (including phenoxy) is 4. The quantitative estimate of drug-likeness (QED) is 0.122. The normalized spacial score (nSPS) is 42.3. The fourth-order valence-electron chi connectivity index (χ4n) is 6.61. The van der Waals surface area contributed by atoms with Gasteiger partial charge in [-0.05, 0) is 59.0 Å². The second-order valence-corrected chi connectivity index (χ2v) is 11.3. The predicted molar refractivity (Wildman–Crippen MR) is 135 cm³/mol. The summed E-state index contributed by atoms with van der Waals surface area (Å²) < 4.78 is 22.5. The predicted octanol–water partition coefficient (Wildman–Crippen LogP) is 0.976. The number of esters is 3. The Balaban J connectivity index is 1.54. The van der Waals surface area contributed by atoms with Crippen molar-refractivity contribution in [3.05, 3.63) is 35.5 Å². The van der Waals surface area contributed by atoms with Gasteiger partial charge in [0.25, 0.3) is 0 Å². The minimum absolute atomic E-state index is 0.110. The van der Waals surface area contributed by atoms with Gasteiger partial charge in [0, 0.05) is 18.4 Å². The third-order valence-electron chi connectivity index (χ3n) is 8.81. The lowest BCUT2D eigenvalue weighted by Gasteiger charge is -2.54. The van der Waals surface area contributed by atoms with Crippen molar-refractivity contribution in [1.82, 2.24) is 0 Å². The number of cyclic esters (lactones) is 1. The molecule has 0 spiro atoms. The fraction of sp³-hybridized carbons (Fsp3) is 0.679. The van der Waals surface area contributed by atoms with Crippen LogP contribution < -0.4 is 0 Å². The molecule has 4 N–H and O–H groups in total. The Bertz CT molecular complexity index is 1090. The zero-order chi connectivity index (χ0) is 28.8. The summed E-state index contributed by atoms with van der Waals surface area (Å²) in [6, 6.07) is 0. The largest absolute Gasteiger partial charge is 0.458 e. The summed E-state index contributed by atoms with van der Waals surface area (Å²) in [7, 11) is 0. The van der Waals surface area contributed by atoms with E-state index in [0.29, 0.717) is 32.1 Å². The minimum atomic E-state index is -1.71. The van der Waals surface area contributed by atoms with Gasteiger partial charge in [-0.3, -0.25) is 9.59 Å². The molecular formula is C28H38O11. The second kappa shape index (κ2) is 10.8. The number of hydrogen-bond acceptors (Lipinski definition) is 11. The molecule has 9 unspecified atom stereocenters. The Morgan fingerprint density at radius 2 is 1.87 bits per heavy atom. The van der Waals surface area contributed by atoms with Gasteiger partial charge < -0.3 is 39.4 Å². The molecule has 1 saturated carbocycles. The van der Waals surface area contributed by atoms with E-state index in [2.05, 4.69) is 0 Å². The molecule has 0 aromatic heterocycles. The maximum absolute atomic E-state index is 13.6. The van der Waals surface area contributed by atoms with E-state index in [4.69, 9.17) is 18.9 Å². The summed E-state index contributed by atoms with van der Waals surface area (Å²) in [5.74, 6) is -2.01. The molecule has 2 bridgehead atoms. The highest BCUT2D eigenvalue weighted by atomic mass is 16.7. The Kier molecular flexibility index (Phi) is 8.13. The van der Waals surface area contributed by atoms with Crippen molar-refractivity contribution < 1.29 is 53.8 Å². The highest BCUT2D eigenvalue weighted by Gasteiger charge is 2.74. The molecule has 3 fully saturated rings. The third kappa shape index (κ3) is 4.95. The first-order chi connectivity index (χ1) is 18.3. The number of aliphatic hydroxyl groups is 4. The van der Waals surface area contributed by atoms with Gasteiger partial charge in [0.2, 0.25) is 6.29 Å². The van der Waals surface area contributed by atoms with Crippen molar-refractivity contribution in [3.8, 4) is 0 Å². The number of rotatable bonds is 6. The van der Waals surface area contributed by atoms with Crippen LogP contribution in [0.4, 0.5) is 0 Å². The van der Waals surface area contributed by atoms with Crippen LogP contribution in [0.25, 0.3) is 0 Å². The van der Waals surface area contributed by atoms with Crippen LogP contribution in [-0.4, -0.2) is 86.8 Å². The lowest BCUT2D eigenvalue weighted by atomic mass is 9.62. The van der Waals surface area contributed by atoms with Crippen LogP contribution in [0.1, 0.15) is 59.8 Å². The molecule has 4 aliphatic rings. The first-order valence-corrected chi connectivity index (χ1v) is 13.3. The van der Waals surface area contributed by atoms with Crippen molar-refractivity contribution in [2.45, 2.75) is 102 Å². The molecule has 39 heavy (non-hydrogen) atoms. The lowest BCUT2D eigenvalue weighted by Crippen LogP contribution is -2.65. The van der Waals surface area contributed by atoms with Crippen molar-refractivity contribution in [2.24, 2.45) is 11.3 Å². The van der Waals surface area contributed by atoms with Gasteiger partial charge in [-0.1, -0.05) is 23.8 Å². The molecule has 9 atom stereocenters. The van der Waals surface area contributed by atoms with Crippen LogP contribution >= 0.6 is 0 Å². The van der Waals surface area contributed by atoms with Gasteiger partial charge in [-0.25, -0.2) is 4.79 Å². The fourth-order valence-corrected chi connectivity index (χ4v) is 6.61. The first kappa shape index (κ1) is 29.4. The van der Waals surface area contributed by atoms with Gasteiger partial charge >= 0.3 is 17.9 Å². The maximum Gasteiger partial charge on any atom is 0.336 e. The topological polar surface area (TPSA) is 169 Å². The van der Waals surface area contributed by atoms with Crippen LogP contribution in [-0.2, 0) is 33.3 Å². The van der Waals surface area contributed by atoms with Crippen molar-refractivity contribution in [3.63, 3.8) is 0 Å². The van der Waals surface area contributed by atoms with Crippen molar-refractivity contribution in [2.75, 3.05) is 6.61 Å². The second-order valence-electron chi connectivity index (χ2n) is 11.3. The summed E-state index contributed by atoms with van der Waals surface area (Å²) in [6.07, 6.45) is 1.76. The van der Waals surface area contributed by atoms with Crippen LogP contribution in [0.3, 0.4) is 0 Å². The average molecular weight is 551 g/mol. The summed E-state index contributed by atoms with van der Waals surface area (Å²) in [5.41, 5.74) is -1.81. The highest BCUT2D eigenvalue weighted by molar-refractivity contribution is 5.88. The lowest BCUT2D eigenvalue weighted by molar-refractivity contribution is -0.291. The molecule has 216 valence electrons. The third-order valence-corrected chi connectivity index (χ3v) is 8.81. The molecule has 2 aliphatic carbocycles. The van der Waals surface area contributed by atoms with E-state index in [1.807, 2.05) is 13.0 Å². The van der Waals surface area contributed by atoms with E-state index in [1.165, 1.54) is 19.9 Å². The monoisotopic (exact) mass is 550 g/mol. The Morgan fingerprint density at radius 3 is 2.54 bits per heavy atom. The Morgan fingerprint density at radius 1 is 1.15 bits per heavy atom. The Labute approximate surface area is 227 Å². The zero-order valence-corrected chi connectivity index (χ0v) is 22.7. The Hall–Kier alpha value is -2.57. The molecule has 0 aromatic rings. The molecule has 2 saturated heterocycles. The molecule has 0 amide bonds. The number of aliphatic hydroxyl groups excluding tert-OH is 4. The SMILES string of the molecule is CC(=O)OC12CCC(C)=CCC13CCC2C(C)(C=CC=C(C)C(=O)OC1OC(CO)C(O)C(O)C1O)OC3=O. The molecular weight excluding hydrogens is 512 g/mol. The highest BCUT2D eigenvalue weighted by Crippen LogP contribution is 2.65. The molecule has 4 rings (SSSR count). The average Bonchev–Trinajstić information content (AvgIpc) is 3.05. The molecule has 0 radical (unpaired) electrons. The van der Waals surface area contributed by atoms with Crippen molar-refractivity contribution >= 4 is 17.9 Å². The summed E-state index contributed by atoms with van der Waals surface area (Å²) in [4.78, 5) is 38.5. The van der Waals surface area contributed by atoms with Gasteiger partial charge in [0.15, 0.2) is 0 Å². The van der Waals surface area contributed by atoms with Crippen molar-refractivity contribution in [1.29, 1.82) is 0 Å². The van der Waals surface area contributed by atoms with E-state index < -0.39 is 71.8 Å². The molecule has 2 aliphatic heterocycles. The first-order valence-electron chi connectivity index (χ1n) is 13.3. The molecule has 11 nitrogen and oxygen atoms in total. The van der Waals surface area contributed by atoms with Crippen LogP contribution in [0, 0.1) is 11.3 Å². The van der Waals surface area contributed by atoms with Crippen LogP contribution in [0.2, 0.25) is 0 Å². The standard InChI is InChI=1S/C28H38O11/c1-15-7-11-27-12-9-19(28(27,13-8-15)38-17(3)30)26(4,39-25(27)35)10-5-6-16(2)23(34)37-24-22(33)21(32)20(31)18(14-29)36-24/h5-7,10,18-22,24,29,31-33H,8-9,11-14H2,1-4H3. The van der Waals surface area contributed by atoms with Gasteiger partial charge in [-0.2, -0.15) is 0 Å². The van der Waals surface area contributed by atoms with E-state index in [0.717, 1.165) is 5.57 Å². The number of carbonyl (C=O) groups is 3. The molecule has 11 heteroatoms. The van der Waals surface area contributed by atoms with Gasteiger partial charge in [0.05, 0.1) is 6.61 Å². The minimum Gasteiger partial charge on any atom is -0.458 e. The maximum atomic E-state index is 13.6. The number of hydrogen-bond donors (Lipinski definition) is 4. The van der Waals surface area contributed by atoms with E-state index in [1.54, 1.807) is 19.1 Å². The van der Waals surface area contributed by atoms with Gasteiger partial charge in [-0.15, -0.1) is 0 Å². The van der Waals surface area contributed by atoms with E-state index in [-0.39, 0.29) is 11.5 Å². The molecule has 2 heterocycles. The van der Waals surface area contributed by atoms with E-state index >= 15 is 0 Å². The number of allylic oxidation sites excluding steroid dienone is 4. The number of carbonyl (C=O) groups excluding carboxylic acids is 3.